The van der Waals surface area contributed by atoms with Crippen LogP contribution in [-0.4, -0.2) is 24.9 Å². The van der Waals surface area contributed by atoms with E-state index in [0.29, 0.717) is 38.7 Å². The van der Waals surface area contributed by atoms with E-state index in [9.17, 15) is 9.59 Å². The van der Waals surface area contributed by atoms with E-state index in [1.807, 2.05) is 0 Å². The van der Waals surface area contributed by atoms with Crippen molar-refractivity contribution in [3.63, 3.8) is 0 Å². The Balaban J connectivity index is 1.64. The normalized spacial score (nSPS) is 26.5. The molecule has 0 bridgehead atoms. The molecule has 150 valence electrons. The summed E-state index contributed by atoms with van der Waals surface area (Å²) in [5, 5.41) is 5.52. The monoisotopic (exact) mass is 450 g/mol. The Morgan fingerprint density at radius 3 is 2.75 bits per heavy atom. The topological polar surface area (TPSA) is 85.9 Å². The van der Waals surface area contributed by atoms with Crippen molar-refractivity contribution in [2.75, 3.05) is 6.79 Å². The average Bonchev–Trinajstić information content (AvgIpc) is 3.07. The first kappa shape index (κ1) is 19.1. The molecule has 4 rings (SSSR count). The molecule has 0 aromatic heterocycles. The van der Waals surface area contributed by atoms with Gasteiger partial charge in [-0.05, 0) is 49.8 Å². The van der Waals surface area contributed by atoms with Gasteiger partial charge in [-0.1, -0.05) is 29.3 Å². The van der Waals surface area contributed by atoms with Crippen LogP contribution in [0.25, 0.3) is 0 Å². The lowest BCUT2D eigenvalue weighted by molar-refractivity contribution is -0.146. The minimum Gasteiger partial charge on any atom is -0.459 e. The molecule has 3 aliphatic rings. The quantitative estimate of drug-likeness (QED) is 0.681. The highest BCUT2D eigenvalue weighted by Gasteiger charge is 2.36. The summed E-state index contributed by atoms with van der Waals surface area (Å²) in [6.07, 6.45) is 3.88. The Morgan fingerprint density at radius 2 is 2.00 bits per heavy atom. The van der Waals surface area contributed by atoms with Crippen molar-refractivity contribution in [1.29, 1.82) is 0 Å². The predicted octanol–water partition coefficient (Wildman–Crippen LogP) is 3.93. The second-order valence-corrected chi connectivity index (χ2v) is 8.45. The van der Waals surface area contributed by atoms with Gasteiger partial charge in [0.25, 0.3) is 0 Å². The molecule has 1 aromatic carbocycles. The Kier molecular flexibility index (Phi) is 5.23. The van der Waals surface area contributed by atoms with Crippen molar-refractivity contribution in [2.45, 2.75) is 51.7 Å². The number of halogens is 1. The summed E-state index contributed by atoms with van der Waals surface area (Å²) in [5.74, 6) is 1.35. The smallest absolute Gasteiger partial charge is 0.338 e. The molecular weight excluding hydrogens is 428 g/mol. The number of urea groups is 1. The maximum atomic E-state index is 13.1. The van der Waals surface area contributed by atoms with E-state index >= 15 is 0 Å². The Bertz CT molecular complexity index is 853. The van der Waals surface area contributed by atoms with Gasteiger partial charge >= 0.3 is 12.0 Å². The highest BCUT2D eigenvalue weighted by Crippen LogP contribution is 2.41. The summed E-state index contributed by atoms with van der Waals surface area (Å²) >= 11 is 3.53. The minimum absolute atomic E-state index is 0.0879. The molecule has 0 radical (unpaired) electrons. The molecule has 7 nitrogen and oxygen atoms in total. The summed E-state index contributed by atoms with van der Waals surface area (Å²) in [6, 6.07) is 2.56. The SMILES string of the molecule is CC1=C(C(=O)O[C@@H]2CCC[C@@H](C)C2)[C@H](c2cc3c(cc2Br)OCO3)NC(=O)N1. The average molecular weight is 451 g/mol. The van der Waals surface area contributed by atoms with Crippen LogP contribution in [0.2, 0.25) is 0 Å². The standard InChI is InChI=1S/C20H23BrN2O5/c1-10-4-3-5-12(6-10)28-19(24)17-11(2)22-20(25)23-18(17)13-7-15-16(8-14(13)21)27-9-26-15/h7-8,10,12,18H,3-6,9H2,1-2H3,(H2,22,23,25)/t10-,12-,18+/m1/s1. The van der Waals surface area contributed by atoms with E-state index in [0.717, 1.165) is 19.3 Å². The molecule has 1 saturated carbocycles. The van der Waals surface area contributed by atoms with Crippen LogP contribution >= 0.6 is 15.9 Å². The molecule has 1 aliphatic carbocycles. The number of esters is 1. The third-order valence-corrected chi connectivity index (χ3v) is 6.14. The number of nitrogens with one attached hydrogen (secondary N) is 2. The fraction of sp³-hybridized carbons (Fsp3) is 0.500. The van der Waals surface area contributed by atoms with Gasteiger partial charge in [0.2, 0.25) is 6.79 Å². The second kappa shape index (κ2) is 7.66. The third-order valence-electron chi connectivity index (χ3n) is 5.45. The van der Waals surface area contributed by atoms with E-state index in [1.54, 1.807) is 19.1 Å². The Labute approximate surface area is 171 Å². The van der Waals surface area contributed by atoms with Gasteiger partial charge in [0.05, 0.1) is 11.6 Å². The van der Waals surface area contributed by atoms with Crippen LogP contribution in [0.4, 0.5) is 4.79 Å². The summed E-state index contributed by atoms with van der Waals surface area (Å²) in [5.41, 5.74) is 1.60. The lowest BCUT2D eigenvalue weighted by Crippen LogP contribution is -2.45. The molecule has 1 aromatic rings. The molecule has 3 atom stereocenters. The zero-order valence-electron chi connectivity index (χ0n) is 15.8. The van der Waals surface area contributed by atoms with Crippen molar-refractivity contribution in [1.82, 2.24) is 10.6 Å². The number of rotatable bonds is 3. The van der Waals surface area contributed by atoms with Crippen molar-refractivity contribution in [3.05, 3.63) is 33.4 Å². The van der Waals surface area contributed by atoms with Gasteiger partial charge in [0.15, 0.2) is 11.5 Å². The summed E-state index contributed by atoms with van der Waals surface area (Å²) < 4.78 is 17.4. The van der Waals surface area contributed by atoms with Crippen molar-refractivity contribution >= 4 is 27.9 Å². The fourth-order valence-electron chi connectivity index (χ4n) is 4.05. The molecule has 28 heavy (non-hydrogen) atoms. The number of hydrogen-bond acceptors (Lipinski definition) is 5. The highest BCUT2D eigenvalue weighted by molar-refractivity contribution is 9.10. The maximum absolute atomic E-state index is 13.1. The number of fused-ring (bicyclic) bond motifs is 1. The van der Waals surface area contributed by atoms with E-state index in [-0.39, 0.29) is 18.9 Å². The van der Waals surface area contributed by atoms with Crippen LogP contribution in [-0.2, 0) is 9.53 Å². The van der Waals surface area contributed by atoms with Crippen LogP contribution < -0.4 is 20.1 Å². The Morgan fingerprint density at radius 1 is 1.25 bits per heavy atom. The molecule has 2 N–H and O–H groups in total. The number of hydrogen-bond donors (Lipinski definition) is 2. The van der Waals surface area contributed by atoms with Gasteiger partial charge in [-0.25, -0.2) is 9.59 Å². The van der Waals surface area contributed by atoms with Crippen molar-refractivity contribution < 1.29 is 23.8 Å². The van der Waals surface area contributed by atoms with E-state index in [4.69, 9.17) is 14.2 Å². The summed E-state index contributed by atoms with van der Waals surface area (Å²) in [6.45, 7) is 4.04. The first-order chi connectivity index (χ1) is 13.4. The zero-order chi connectivity index (χ0) is 19.8. The molecule has 8 heteroatoms. The predicted molar refractivity (Wildman–Crippen MR) is 105 cm³/mol. The molecule has 2 aliphatic heterocycles. The largest absolute Gasteiger partial charge is 0.459 e. The van der Waals surface area contributed by atoms with Gasteiger partial charge in [-0.15, -0.1) is 0 Å². The summed E-state index contributed by atoms with van der Waals surface area (Å²) in [4.78, 5) is 25.2. The minimum atomic E-state index is -0.647. The lowest BCUT2D eigenvalue weighted by Gasteiger charge is -2.31. The second-order valence-electron chi connectivity index (χ2n) is 7.60. The molecule has 1 fully saturated rings. The van der Waals surface area contributed by atoms with Crippen LogP contribution in [0.5, 0.6) is 11.5 Å². The fourth-order valence-corrected chi connectivity index (χ4v) is 4.60. The van der Waals surface area contributed by atoms with Gasteiger partial charge in [-0.2, -0.15) is 0 Å². The zero-order valence-corrected chi connectivity index (χ0v) is 17.4. The number of carbonyl (C=O) groups is 2. The maximum Gasteiger partial charge on any atom is 0.338 e. The first-order valence-corrected chi connectivity index (χ1v) is 10.3. The summed E-state index contributed by atoms with van der Waals surface area (Å²) in [7, 11) is 0. The number of amides is 2. The van der Waals surface area contributed by atoms with Gasteiger partial charge in [0.1, 0.15) is 6.10 Å². The molecule has 0 saturated heterocycles. The van der Waals surface area contributed by atoms with E-state index in [2.05, 4.69) is 33.5 Å². The first-order valence-electron chi connectivity index (χ1n) is 9.50. The lowest BCUT2D eigenvalue weighted by atomic mass is 9.88. The number of allylic oxidation sites excluding steroid dienone is 1. The molecule has 2 heterocycles. The van der Waals surface area contributed by atoms with Gasteiger partial charge < -0.3 is 24.8 Å². The van der Waals surface area contributed by atoms with Crippen molar-refractivity contribution in [3.8, 4) is 11.5 Å². The van der Waals surface area contributed by atoms with Gasteiger partial charge in [0, 0.05) is 10.2 Å². The van der Waals surface area contributed by atoms with Crippen LogP contribution in [0, 0.1) is 5.92 Å². The number of benzene rings is 1. The van der Waals surface area contributed by atoms with E-state index in [1.165, 1.54) is 6.42 Å². The van der Waals surface area contributed by atoms with Crippen LogP contribution in [0.15, 0.2) is 27.9 Å². The third kappa shape index (κ3) is 3.70. The number of carbonyl (C=O) groups excluding carboxylic acids is 2. The molecular formula is C20H23BrN2O5. The van der Waals surface area contributed by atoms with Crippen molar-refractivity contribution in [2.24, 2.45) is 5.92 Å². The van der Waals surface area contributed by atoms with Crippen LogP contribution in [0.3, 0.4) is 0 Å². The molecule has 0 spiro atoms. The van der Waals surface area contributed by atoms with Crippen LogP contribution in [0.1, 0.15) is 51.1 Å². The molecule has 2 amide bonds. The molecule has 0 unspecified atom stereocenters. The van der Waals surface area contributed by atoms with E-state index < -0.39 is 12.0 Å². The number of ether oxygens (including phenoxy) is 3. The Hall–Kier alpha value is -2.22. The van der Waals surface area contributed by atoms with Gasteiger partial charge in [-0.3, -0.25) is 0 Å². The highest BCUT2D eigenvalue weighted by atomic mass is 79.9.